The molecule has 0 radical (unpaired) electrons. The fourth-order valence-corrected chi connectivity index (χ4v) is 4.48. The van der Waals surface area contributed by atoms with Crippen LogP contribution in [0.3, 0.4) is 0 Å². The molecule has 0 aliphatic heterocycles. The van der Waals surface area contributed by atoms with Gasteiger partial charge in [0.15, 0.2) is 17.6 Å². The summed E-state index contributed by atoms with van der Waals surface area (Å²) in [6.45, 7) is 4.67. The molecular weight excluding hydrogens is 358 g/mol. The zero-order chi connectivity index (χ0) is 20.4. The molecule has 0 saturated heterocycles. The zero-order valence-corrected chi connectivity index (χ0v) is 17.7. The minimum Gasteiger partial charge on any atom is -0.359 e. The molecule has 2 aliphatic rings. The van der Waals surface area contributed by atoms with E-state index in [4.69, 9.17) is 4.74 Å². The van der Waals surface area contributed by atoms with Crippen LogP contribution >= 0.6 is 0 Å². The van der Waals surface area contributed by atoms with Gasteiger partial charge in [0.05, 0.1) is 0 Å². The summed E-state index contributed by atoms with van der Waals surface area (Å²) in [5.41, 5.74) is -1.77. The number of ether oxygens (including phenoxy) is 1. The van der Waals surface area contributed by atoms with E-state index in [1.54, 1.807) is 0 Å². The van der Waals surface area contributed by atoms with E-state index in [1.165, 1.54) is 37.8 Å². The smallest absolute Gasteiger partial charge is 0.191 e. The quantitative estimate of drug-likeness (QED) is 0.331. The number of alkyl halides is 1. The third kappa shape index (κ3) is 6.23. The molecule has 160 valence electrons. The number of carbonyl (C=O) groups excluding carboxylic acids is 1. The molecule has 2 nitrogen and oxygen atoms in total. The summed E-state index contributed by atoms with van der Waals surface area (Å²) in [5, 5.41) is 0. The van der Waals surface area contributed by atoms with Gasteiger partial charge < -0.3 is 4.74 Å². The van der Waals surface area contributed by atoms with Gasteiger partial charge in [-0.2, -0.15) is 0 Å². The van der Waals surface area contributed by atoms with Crippen LogP contribution in [0.25, 0.3) is 0 Å². The summed E-state index contributed by atoms with van der Waals surface area (Å²) in [6.07, 6.45) is 14.1. The van der Waals surface area contributed by atoms with E-state index in [1.807, 2.05) is 0 Å². The van der Waals surface area contributed by atoms with Crippen molar-refractivity contribution in [2.75, 3.05) is 6.61 Å². The van der Waals surface area contributed by atoms with E-state index in [9.17, 15) is 13.6 Å². The first kappa shape index (κ1) is 23.3. The van der Waals surface area contributed by atoms with Crippen LogP contribution in [0, 0.1) is 11.8 Å². The van der Waals surface area contributed by atoms with E-state index in [2.05, 4.69) is 13.8 Å². The second-order valence-corrected chi connectivity index (χ2v) is 8.60. The molecule has 28 heavy (non-hydrogen) atoms. The van der Waals surface area contributed by atoms with Crippen LogP contribution in [-0.4, -0.2) is 24.2 Å². The average Bonchev–Trinajstić information content (AvgIpc) is 2.71. The fraction of sp³-hybridized carbons (Fsp3) is 0.792. The minimum atomic E-state index is -2.03. The number of Topliss-reactive ketones (excluding diaryl/α,β-unsaturated/α-hetero) is 1. The van der Waals surface area contributed by atoms with E-state index >= 15 is 0 Å². The van der Waals surface area contributed by atoms with Gasteiger partial charge in [-0.1, -0.05) is 71.3 Å². The summed E-state index contributed by atoms with van der Waals surface area (Å²) in [7, 11) is 0. The summed E-state index contributed by atoms with van der Waals surface area (Å²) in [5.74, 6) is -0.202. The highest BCUT2D eigenvalue weighted by molar-refractivity contribution is 5.91. The lowest BCUT2D eigenvalue weighted by molar-refractivity contribution is -0.147. The third-order valence-electron chi connectivity index (χ3n) is 6.51. The molecule has 0 N–H and O–H groups in total. The van der Waals surface area contributed by atoms with Gasteiger partial charge in [-0.15, -0.1) is 0 Å². The predicted octanol–water partition coefficient (Wildman–Crippen LogP) is 7.04. The van der Waals surface area contributed by atoms with Gasteiger partial charge in [0.1, 0.15) is 5.83 Å². The topological polar surface area (TPSA) is 26.3 Å². The lowest BCUT2D eigenvalue weighted by Crippen LogP contribution is -2.50. The Labute approximate surface area is 169 Å². The summed E-state index contributed by atoms with van der Waals surface area (Å²) >= 11 is 0. The Morgan fingerprint density at radius 1 is 1.07 bits per heavy atom. The van der Waals surface area contributed by atoms with Gasteiger partial charge in [0.25, 0.3) is 0 Å². The molecule has 4 heteroatoms. The molecular formula is C24H38F2O2. The molecule has 0 bridgehead atoms. The van der Waals surface area contributed by atoms with Crippen molar-refractivity contribution in [3.05, 3.63) is 24.1 Å². The van der Waals surface area contributed by atoms with Gasteiger partial charge in [-0.05, 0) is 43.3 Å². The largest absolute Gasteiger partial charge is 0.359 e. The van der Waals surface area contributed by atoms with Crippen molar-refractivity contribution < 1.29 is 18.3 Å². The molecule has 2 unspecified atom stereocenters. The van der Waals surface area contributed by atoms with Crippen molar-refractivity contribution >= 4 is 5.78 Å². The van der Waals surface area contributed by atoms with E-state index < -0.39 is 17.6 Å². The number of allylic oxidation sites excluding steroid dienone is 2. The van der Waals surface area contributed by atoms with Crippen LogP contribution in [-0.2, 0) is 9.53 Å². The van der Waals surface area contributed by atoms with E-state index in [0.29, 0.717) is 6.61 Å². The molecule has 0 spiro atoms. The molecule has 0 aromatic heterocycles. The number of halogens is 2. The zero-order valence-electron chi connectivity index (χ0n) is 17.7. The molecule has 1 saturated carbocycles. The van der Waals surface area contributed by atoms with Gasteiger partial charge in [-0.3, -0.25) is 4.79 Å². The number of ketones is 1. The monoisotopic (exact) mass is 396 g/mol. The summed E-state index contributed by atoms with van der Waals surface area (Å²) in [6, 6.07) is 0. The molecule has 2 aliphatic carbocycles. The molecule has 0 aromatic rings. The van der Waals surface area contributed by atoms with Crippen LogP contribution in [0.5, 0.6) is 0 Å². The van der Waals surface area contributed by atoms with Gasteiger partial charge in [0.2, 0.25) is 0 Å². The Morgan fingerprint density at radius 2 is 1.71 bits per heavy atom. The Balaban J connectivity index is 1.92. The van der Waals surface area contributed by atoms with Crippen LogP contribution in [0.15, 0.2) is 24.1 Å². The fourth-order valence-electron chi connectivity index (χ4n) is 4.48. The Bertz CT molecular complexity index is 535. The molecule has 2 rings (SSSR count). The van der Waals surface area contributed by atoms with Crippen molar-refractivity contribution in [3.63, 3.8) is 0 Å². The Hall–Kier alpha value is -1.03. The first-order chi connectivity index (χ1) is 13.5. The molecule has 2 atom stereocenters. The number of hydrogen-bond acceptors (Lipinski definition) is 2. The van der Waals surface area contributed by atoms with Crippen molar-refractivity contribution in [3.8, 4) is 0 Å². The second kappa shape index (κ2) is 11.8. The highest BCUT2D eigenvalue weighted by atomic mass is 19.2. The maximum Gasteiger partial charge on any atom is 0.191 e. The Morgan fingerprint density at radius 3 is 2.39 bits per heavy atom. The highest BCUT2D eigenvalue weighted by Crippen LogP contribution is 2.38. The minimum absolute atomic E-state index is 0.263. The molecule has 0 heterocycles. The third-order valence-corrected chi connectivity index (χ3v) is 6.51. The van der Waals surface area contributed by atoms with Crippen LogP contribution in [0.1, 0.15) is 90.9 Å². The maximum atomic E-state index is 14.9. The first-order valence-electron chi connectivity index (χ1n) is 11.4. The lowest BCUT2D eigenvalue weighted by Gasteiger charge is -2.36. The van der Waals surface area contributed by atoms with Crippen molar-refractivity contribution in [2.24, 2.45) is 11.8 Å². The standard InChI is InChI=1S/C24H38F2O2/c1-3-5-6-7-8-9-17-28-24(16-10-11-21(25)23(24)26)22(27)18-20-14-12-19(4-2)13-15-20/h10-11,16,19-20,23H,3-9,12-15,17-18H2,1-2H3/t19-,20-,23?,24?. The van der Waals surface area contributed by atoms with Crippen LogP contribution in [0.2, 0.25) is 0 Å². The van der Waals surface area contributed by atoms with E-state index in [0.717, 1.165) is 56.9 Å². The van der Waals surface area contributed by atoms with Gasteiger partial charge in [-0.25, -0.2) is 8.78 Å². The molecule has 0 aromatic carbocycles. The lowest BCUT2D eigenvalue weighted by atomic mass is 9.76. The average molecular weight is 397 g/mol. The van der Waals surface area contributed by atoms with Crippen LogP contribution in [0.4, 0.5) is 8.78 Å². The number of rotatable bonds is 12. The van der Waals surface area contributed by atoms with Crippen molar-refractivity contribution in [2.45, 2.75) is 103 Å². The van der Waals surface area contributed by atoms with Crippen molar-refractivity contribution in [1.29, 1.82) is 0 Å². The molecule has 1 fully saturated rings. The predicted molar refractivity (Wildman–Crippen MR) is 111 cm³/mol. The first-order valence-corrected chi connectivity index (χ1v) is 11.4. The number of carbonyl (C=O) groups is 1. The summed E-state index contributed by atoms with van der Waals surface area (Å²) < 4.78 is 34.7. The Kier molecular flexibility index (Phi) is 9.84. The second-order valence-electron chi connectivity index (χ2n) is 8.60. The molecule has 0 amide bonds. The normalized spacial score (nSPS) is 30.3. The van der Waals surface area contributed by atoms with Gasteiger partial charge in [0, 0.05) is 13.0 Å². The summed E-state index contributed by atoms with van der Waals surface area (Å²) in [4.78, 5) is 13.1. The number of unbranched alkanes of at least 4 members (excludes halogenated alkanes) is 5. The van der Waals surface area contributed by atoms with Crippen LogP contribution < -0.4 is 0 Å². The maximum absolute atomic E-state index is 14.9. The van der Waals surface area contributed by atoms with E-state index in [-0.39, 0.29) is 18.1 Å². The SMILES string of the molecule is CCCCCCCCOC1(C(=O)C[C@H]2CC[C@H](CC)CC2)C=CC=C(F)C1F. The highest BCUT2D eigenvalue weighted by Gasteiger charge is 2.49. The van der Waals surface area contributed by atoms with Gasteiger partial charge >= 0.3 is 0 Å². The number of hydrogen-bond donors (Lipinski definition) is 0. The van der Waals surface area contributed by atoms with Crippen molar-refractivity contribution in [1.82, 2.24) is 0 Å².